The van der Waals surface area contributed by atoms with Crippen molar-refractivity contribution in [3.8, 4) is 39.8 Å². The fourth-order valence-corrected chi connectivity index (χ4v) is 6.05. The van der Waals surface area contributed by atoms with Gasteiger partial charge >= 0.3 is 0 Å². The van der Waals surface area contributed by atoms with Crippen LogP contribution < -0.4 is 15.4 Å². The minimum Gasteiger partial charge on any atom is -0.492 e. The zero-order chi connectivity index (χ0) is 29.6. The van der Waals surface area contributed by atoms with Crippen LogP contribution in [0.4, 0.5) is 10.2 Å². The molecule has 12 heteroatoms. The van der Waals surface area contributed by atoms with Gasteiger partial charge < -0.3 is 20.4 Å². The second-order valence-electron chi connectivity index (χ2n) is 11.5. The van der Waals surface area contributed by atoms with Crippen LogP contribution >= 0.6 is 0 Å². The van der Waals surface area contributed by atoms with Crippen molar-refractivity contribution in [2.75, 3.05) is 44.2 Å². The highest BCUT2D eigenvalue weighted by molar-refractivity contribution is 5.99. The third-order valence-electron chi connectivity index (χ3n) is 8.35. The maximum atomic E-state index is 14.8. The monoisotopic (exact) mass is 590 g/mol. The number of hydrogen-bond acceptors (Lipinski definition) is 9. The molecule has 222 valence electrons. The molecule has 44 heavy (non-hydrogen) atoms. The molecule has 6 aromatic rings. The van der Waals surface area contributed by atoms with Crippen LogP contribution in [0.3, 0.4) is 0 Å². The third kappa shape index (κ3) is 5.01. The molecule has 1 aromatic carbocycles. The van der Waals surface area contributed by atoms with Crippen LogP contribution in [0, 0.1) is 5.82 Å². The quantitative estimate of drug-likeness (QED) is 0.236. The van der Waals surface area contributed by atoms with Crippen molar-refractivity contribution in [3.63, 3.8) is 0 Å². The van der Waals surface area contributed by atoms with E-state index in [2.05, 4.69) is 34.9 Å². The number of likely N-dealkylation sites (tertiary alicyclic amines) is 1. The number of nitrogens with one attached hydrogen (secondary N) is 2. The number of ether oxygens (including phenoxy) is 1. The number of anilines is 1. The van der Waals surface area contributed by atoms with Crippen LogP contribution in [-0.2, 0) is 0 Å². The lowest BCUT2D eigenvalue weighted by molar-refractivity contribution is 0.237. The maximum Gasteiger partial charge on any atom is 0.147 e. The molecule has 11 nitrogen and oxygen atoms in total. The first-order valence-corrected chi connectivity index (χ1v) is 14.9. The first-order chi connectivity index (χ1) is 21.6. The number of halogens is 1. The molecule has 0 amide bonds. The lowest BCUT2D eigenvalue weighted by atomic mass is 10.1. The Kier molecular flexibility index (Phi) is 6.64. The van der Waals surface area contributed by atoms with Crippen LogP contribution in [0.15, 0.2) is 61.1 Å². The number of H-pyrrole nitrogens is 2. The van der Waals surface area contributed by atoms with E-state index in [4.69, 9.17) is 20.4 Å². The van der Waals surface area contributed by atoms with Gasteiger partial charge in [0.05, 0.1) is 35.0 Å². The van der Waals surface area contributed by atoms with Gasteiger partial charge in [-0.15, -0.1) is 0 Å². The molecule has 0 bridgehead atoms. The summed E-state index contributed by atoms with van der Waals surface area (Å²) >= 11 is 0. The minimum absolute atomic E-state index is 0.163. The predicted molar refractivity (Wildman–Crippen MR) is 167 cm³/mol. The highest BCUT2D eigenvalue weighted by Gasteiger charge is 2.25. The predicted octanol–water partition coefficient (Wildman–Crippen LogP) is 4.39. The first kappa shape index (κ1) is 26.7. The first-order valence-electron chi connectivity index (χ1n) is 14.9. The van der Waals surface area contributed by atoms with Crippen LogP contribution in [0.25, 0.3) is 56.0 Å². The molecule has 0 aliphatic carbocycles. The fraction of sp³-hybridized carbons (Fsp3) is 0.281. The van der Waals surface area contributed by atoms with Gasteiger partial charge in [-0.3, -0.25) is 20.0 Å². The molecule has 0 saturated carbocycles. The number of pyridine rings is 2. The van der Waals surface area contributed by atoms with Gasteiger partial charge in [-0.1, -0.05) is 0 Å². The minimum atomic E-state index is -0.368. The van der Waals surface area contributed by atoms with Crippen molar-refractivity contribution in [3.05, 3.63) is 66.9 Å². The average molecular weight is 591 g/mol. The van der Waals surface area contributed by atoms with Crippen LogP contribution in [0.2, 0.25) is 0 Å². The number of nitrogens with zero attached hydrogens (tertiary/aromatic N) is 7. The summed E-state index contributed by atoms with van der Waals surface area (Å²) in [5.74, 6) is 0.909. The van der Waals surface area contributed by atoms with Gasteiger partial charge in [0.25, 0.3) is 0 Å². The normalized spacial score (nSPS) is 15.8. The molecular weight excluding hydrogens is 559 g/mol. The van der Waals surface area contributed by atoms with Crippen molar-refractivity contribution in [2.24, 2.45) is 5.73 Å². The molecule has 2 aliphatic heterocycles. The van der Waals surface area contributed by atoms with Crippen LogP contribution in [0.1, 0.15) is 12.8 Å². The molecule has 4 N–H and O–H groups in total. The molecule has 2 aliphatic rings. The van der Waals surface area contributed by atoms with E-state index in [1.165, 1.54) is 25.0 Å². The summed E-state index contributed by atoms with van der Waals surface area (Å²) in [6.07, 6.45) is 7.62. The Morgan fingerprint density at radius 3 is 2.70 bits per heavy atom. The lowest BCUT2D eigenvalue weighted by Crippen LogP contribution is -2.56. The van der Waals surface area contributed by atoms with E-state index in [1.807, 2.05) is 30.3 Å². The van der Waals surface area contributed by atoms with Gasteiger partial charge in [0.1, 0.15) is 40.9 Å². The summed E-state index contributed by atoms with van der Waals surface area (Å²) in [5, 5.41) is 8.52. The number of aromatic nitrogens is 7. The molecular formula is C32H31FN10O. The maximum absolute atomic E-state index is 14.8. The van der Waals surface area contributed by atoms with Gasteiger partial charge in [-0.05, 0) is 62.3 Å². The fourth-order valence-electron chi connectivity index (χ4n) is 6.05. The van der Waals surface area contributed by atoms with Gasteiger partial charge in [0, 0.05) is 54.4 Å². The Hall–Kier alpha value is -4.94. The molecule has 7 heterocycles. The van der Waals surface area contributed by atoms with Crippen LogP contribution in [0.5, 0.6) is 5.75 Å². The Morgan fingerprint density at radius 1 is 0.955 bits per heavy atom. The number of rotatable bonds is 8. The highest BCUT2D eigenvalue weighted by atomic mass is 19.1. The topological polar surface area (TPSA) is 138 Å². The summed E-state index contributed by atoms with van der Waals surface area (Å²) < 4.78 is 20.7. The zero-order valence-electron chi connectivity index (χ0n) is 24.0. The van der Waals surface area contributed by atoms with Gasteiger partial charge in [0.15, 0.2) is 0 Å². The second-order valence-corrected chi connectivity index (χ2v) is 11.5. The summed E-state index contributed by atoms with van der Waals surface area (Å²) in [4.78, 5) is 26.7. The standard InChI is InChI=1S/C32H31FN10O/c33-20-11-19(12-22(13-20)44-10-9-42-7-1-2-8-42)30-23-14-27(37-24(23)5-6-36-30)32-31-26(40-41-32)4-3-25(39-31)28-15-35-16-29(38-28)43-17-21(34)18-43/h3-6,11-16,21,37H,1-2,7-10,17-18,34H2,(H,40,41). The zero-order valence-corrected chi connectivity index (χ0v) is 24.0. The Morgan fingerprint density at radius 2 is 1.84 bits per heavy atom. The molecule has 8 rings (SSSR count). The van der Waals surface area contributed by atoms with E-state index in [1.54, 1.807) is 18.6 Å². The average Bonchev–Trinajstić information content (AvgIpc) is 3.78. The van der Waals surface area contributed by atoms with Gasteiger partial charge in [-0.25, -0.2) is 14.4 Å². The summed E-state index contributed by atoms with van der Waals surface area (Å²) in [7, 11) is 0. The van der Waals surface area contributed by atoms with Crippen LogP contribution in [-0.4, -0.2) is 85.4 Å². The number of benzene rings is 1. The Balaban J connectivity index is 1.11. The molecule has 0 spiro atoms. The third-order valence-corrected chi connectivity index (χ3v) is 8.35. The van der Waals surface area contributed by atoms with Crippen molar-refractivity contribution in [2.45, 2.75) is 18.9 Å². The Labute approximate surface area is 252 Å². The van der Waals surface area contributed by atoms with E-state index in [9.17, 15) is 4.39 Å². The molecule has 2 fully saturated rings. The van der Waals surface area contributed by atoms with E-state index >= 15 is 0 Å². The van der Waals surface area contributed by atoms with E-state index in [0.29, 0.717) is 46.2 Å². The summed E-state index contributed by atoms with van der Waals surface area (Å²) in [6, 6.07) is 12.6. The van der Waals surface area contributed by atoms with E-state index in [-0.39, 0.29) is 11.9 Å². The number of hydrogen-bond donors (Lipinski definition) is 3. The highest BCUT2D eigenvalue weighted by Crippen LogP contribution is 2.34. The molecule has 5 aromatic heterocycles. The second kappa shape index (κ2) is 11.0. The summed E-state index contributed by atoms with van der Waals surface area (Å²) in [6.45, 7) is 5.05. The van der Waals surface area contributed by atoms with Crippen molar-refractivity contribution >= 4 is 27.8 Å². The van der Waals surface area contributed by atoms with Crippen molar-refractivity contribution in [1.29, 1.82) is 0 Å². The lowest BCUT2D eigenvalue weighted by Gasteiger charge is -2.37. The number of fused-ring (bicyclic) bond motifs is 2. The van der Waals surface area contributed by atoms with Crippen molar-refractivity contribution in [1.82, 2.24) is 40.0 Å². The molecule has 2 saturated heterocycles. The smallest absolute Gasteiger partial charge is 0.147 e. The molecule has 0 radical (unpaired) electrons. The number of nitrogens with two attached hydrogens (primary N) is 1. The SMILES string of the molecule is NC1CN(c2cncc(-c3ccc4[nH]nc(-c5cc6c(-c7cc(F)cc(OCCN8CCCC8)c7)nccc6[nH]5)c4n3)n2)C1. The van der Waals surface area contributed by atoms with Crippen molar-refractivity contribution < 1.29 is 9.13 Å². The summed E-state index contributed by atoms with van der Waals surface area (Å²) in [5.41, 5.74) is 12.4. The molecule has 0 unspecified atom stereocenters. The Bertz CT molecular complexity index is 1980. The number of aromatic amines is 2. The van der Waals surface area contributed by atoms with E-state index in [0.717, 1.165) is 60.7 Å². The van der Waals surface area contributed by atoms with Gasteiger partial charge in [0.2, 0.25) is 0 Å². The molecule has 0 atom stereocenters. The largest absolute Gasteiger partial charge is 0.492 e. The van der Waals surface area contributed by atoms with Gasteiger partial charge in [-0.2, -0.15) is 5.10 Å². The van der Waals surface area contributed by atoms with E-state index < -0.39 is 0 Å².